The molecule has 0 N–H and O–H groups in total. The van der Waals surface area contributed by atoms with Gasteiger partial charge in [-0.25, -0.2) is 0 Å². The van der Waals surface area contributed by atoms with Gasteiger partial charge in [0.05, 0.1) is 11.1 Å². The van der Waals surface area contributed by atoms with Crippen LogP contribution in [0.15, 0.2) is 60.8 Å². The van der Waals surface area contributed by atoms with E-state index in [1.54, 1.807) is 0 Å². The van der Waals surface area contributed by atoms with Crippen LogP contribution >= 0.6 is 0 Å². The fourth-order valence-electron chi connectivity index (χ4n) is 6.51. The maximum absolute atomic E-state index is 7.00. The van der Waals surface area contributed by atoms with Gasteiger partial charge in [-0.3, -0.25) is 4.98 Å². The molecule has 0 fully saturated rings. The third-order valence-electron chi connectivity index (χ3n) is 7.85. The molecule has 0 aliphatic carbocycles. The molecule has 1 aliphatic heterocycles. The lowest BCUT2D eigenvalue weighted by Crippen LogP contribution is -2.13. The minimum absolute atomic E-state index is 0.110. The lowest BCUT2D eigenvalue weighted by molar-refractivity contribution is 0.400. The minimum Gasteiger partial charge on any atom is -0.456 e. The number of benzene rings is 4. The maximum Gasteiger partial charge on any atom is 0.140 e. The van der Waals surface area contributed by atoms with Crippen LogP contribution in [0.5, 0.6) is 11.5 Å². The van der Waals surface area contributed by atoms with Crippen molar-refractivity contribution >= 4 is 32.3 Å². The number of aromatic nitrogens is 1. The van der Waals surface area contributed by atoms with E-state index < -0.39 is 0 Å². The van der Waals surface area contributed by atoms with Gasteiger partial charge in [0.25, 0.3) is 0 Å². The van der Waals surface area contributed by atoms with Crippen LogP contribution in [0.4, 0.5) is 0 Å². The van der Waals surface area contributed by atoms with Gasteiger partial charge in [0.15, 0.2) is 0 Å². The molecule has 2 heterocycles. The Balaban J connectivity index is 1.65. The van der Waals surface area contributed by atoms with Crippen LogP contribution < -0.4 is 4.74 Å². The third kappa shape index (κ3) is 4.98. The summed E-state index contributed by atoms with van der Waals surface area (Å²) in [7, 11) is 0. The van der Waals surface area contributed by atoms with E-state index in [0.717, 1.165) is 47.4 Å². The standard InChI is InChI=1S/C38H43NO/c1-36(2,3)20-23-13-14-26-25(17-23)18-30-34-33-28(15-16-39-34)27-12-10-11-24(21-37(4,5)6)29(27)19-32(33)40-35(30)31(26)22-38(7,8)9/h10-19H,20-22H2,1-9H3. The molecule has 0 amide bonds. The van der Waals surface area contributed by atoms with Crippen molar-refractivity contribution in [3.63, 3.8) is 0 Å². The first-order valence-corrected chi connectivity index (χ1v) is 14.8. The predicted molar refractivity (Wildman–Crippen MR) is 172 cm³/mol. The zero-order chi connectivity index (χ0) is 28.6. The van der Waals surface area contributed by atoms with Gasteiger partial charge in [0, 0.05) is 17.3 Å². The fourth-order valence-corrected chi connectivity index (χ4v) is 6.51. The second-order valence-corrected chi connectivity index (χ2v) is 15.6. The van der Waals surface area contributed by atoms with Crippen molar-refractivity contribution in [3.8, 4) is 22.8 Å². The molecule has 5 aromatic rings. The lowest BCUT2D eigenvalue weighted by Gasteiger charge is -2.28. The van der Waals surface area contributed by atoms with Gasteiger partial charge in [0.1, 0.15) is 11.5 Å². The number of pyridine rings is 1. The van der Waals surface area contributed by atoms with Gasteiger partial charge in [-0.1, -0.05) is 98.7 Å². The van der Waals surface area contributed by atoms with Crippen LogP contribution in [0.25, 0.3) is 43.6 Å². The lowest BCUT2D eigenvalue weighted by atomic mass is 9.82. The van der Waals surface area contributed by atoms with Gasteiger partial charge in [-0.05, 0) is 91.8 Å². The molecule has 6 rings (SSSR count). The molecule has 1 aliphatic rings. The van der Waals surface area contributed by atoms with E-state index in [1.165, 1.54) is 43.6 Å². The molecule has 206 valence electrons. The van der Waals surface area contributed by atoms with Crippen LogP contribution in [-0.2, 0) is 19.3 Å². The smallest absolute Gasteiger partial charge is 0.140 e. The van der Waals surface area contributed by atoms with Crippen molar-refractivity contribution in [2.45, 2.75) is 81.6 Å². The Morgan fingerprint density at radius 2 is 1.38 bits per heavy atom. The van der Waals surface area contributed by atoms with Gasteiger partial charge in [-0.2, -0.15) is 0 Å². The summed E-state index contributed by atoms with van der Waals surface area (Å²) in [4.78, 5) is 5.01. The van der Waals surface area contributed by atoms with Crippen molar-refractivity contribution in [1.29, 1.82) is 0 Å². The normalized spacial score (nSPS) is 13.6. The molecule has 0 bridgehead atoms. The molecule has 0 atom stereocenters. The Bertz CT molecular complexity index is 1790. The molecule has 2 nitrogen and oxygen atoms in total. The molecule has 0 radical (unpaired) electrons. The number of hydrogen-bond acceptors (Lipinski definition) is 2. The molecular formula is C38H43NO. The highest BCUT2D eigenvalue weighted by Crippen LogP contribution is 2.52. The molecular weight excluding hydrogens is 486 g/mol. The summed E-state index contributed by atoms with van der Waals surface area (Å²) >= 11 is 0. The van der Waals surface area contributed by atoms with Crippen LogP contribution in [-0.4, -0.2) is 4.98 Å². The largest absolute Gasteiger partial charge is 0.456 e. The van der Waals surface area contributed by atoms with E-state index in [2.05, 4.69) is 117 Å². The Kier molecular flexibility index (Phi) is 6.07. The van der Waals surface area contributed by atoms with Crippen LogP contribution in [0.1, 0.15) is 79.0 Å². The van der Waals surface area contributed by atoms with Crippen LogP contribution in [0, 0.1) is 16.2 Å². The van der Waals surface area contributed by atoms with Crippen molar-refractivity contribution in [2.24, 2.45) is 16.2 Å². The number of rotatable bonds is 3. The zero-order valence-corrected chi connectivity index (χ0v) is 25.8. The SMILES string of the molecule is CC(C)(C)Cc1ccc2c(CC(C)(C)C)c3c(cc2c1)-c1nccc2c1c(cc1c(CC(C)(C)C)cccc12)O3. The molecule has 1 aromatic heterocycles. The molecule has 0 saturated carbocycles. The number of nitrogens with zero attached hydrogens (tertiary/aromatic N) is 1. The van der Waals surface area contributed by atoms with Gasteiger partial charge in [0.2, 0.25) is 0 Å². The minimum atomic E-state index is 0.110. The van der Waals surface area contributed by atoms with E-state index in [-0.39, 0.29) is 16.2 Å². The zero-order valence-electron chi connectivity index (χ0n) is 25.8. The molecule has 0 unspecified atom stereocenters. The summed E-state index contributed by atoms with van der Waals surface area (Å²) in [5.41, 5.74) is 6.73. The monoisotopic (exact) mass is 529 g/mol. The number of fused-ring (bicyclic) bond motifs is 5. The second kappa shape index (κ2) is 9.06. The van der Waals surface area contributed by atoms with E-state index in [4.69, 9.17) is 9.72 Å². The highest BCUT2D eigenvalue weighted by molar-refractivity contribution is 6.17. The Labute approximate surface area is 239 Å². The first-order valence-electron chi connectivity index (χ1n) is 14.8. The highest BCUT2D eigenvalue weighted by atomic mass is 16.5. The highest BCUT2D eigenvalue weighted by Gasteiger charge is 2.29. The molecule has 2 heteroatoms. The third-order valence-corrected chi connectivity index (χ3v) is 7.85. The predicted octanol–water partition coefficient (Wildman–Crippen LogP) is 11.1. The maximum atomic E-state index is 7.00. The summed E-state index contributed by atoms with van der Waals surface area (Å²) < 4.78 is 7.00. The average Bonchev–Trinajstić information content (AvgIpc) is 2.82. The fraction of sp³-hybridized carbons (Fsp3) is 0.395. The van der Waals surface area contributed by atoms with Gasteiger partial charge in [-0.15, -0.1) is 0 Å². The van der Waals surface area contributed by atoms with Crippen molar-refractivity contribution in [2.75, 3.05) is 0 Å². The first kappa shape index (κ1) is 26.8. The summed E-state index contributed by atoms with van der Waals surface area (Å²) in [6, 6.07) is 20.5. The number of hydrogen-bond donors (Lipinski definition) is 0. The summed E-state index contributed by atoms with van der Waals surface area (Å²) in [6.45, 7) is 20.8. The molecule has 0 spiro atoms. The van der Waals surface area contributed by atoms with E-state index in [1.807, 2.05) is 6.20 Å². The molecule has 40 heavy (non-hydrogen) atoms. The molecule has 4 aromatic carbocycles. The Hall–Kier alpha value is -3.39. The average molecular weight is 530 g/mol. The van der Waals surface area contributed by atoms with Gasteiger partial charge >= 0.3 is 0 Å². The Morgan fingerprint density at radius 3 is 2.08 bits per heavy atom. The van der Waals surface area contributed by atoms with Crippen molar-refractivity contribution in [3.05, 3.63) is 77.5 Å². The van der Waals surface area contributed by atoms with E-state index >= 15 is 0 Å². The first-order chi connectivity index (χ1) is 18.7. The van der Waals surface area contributed by atoms with Crippen molar-refractivity contribution in [1.82, 2.24) is 4.98 Å². The summed E-state index contributed by atoms with van der Waals surface area (Å²) in [5.74, 6) is 1.91. The van der Waals surface area contributed by atoms with Crippen LogP contribution in [0.2, 0.25) is 0 Å². The summed E-state index contributed by atoms with van der Waals surface area (Å²) in [6.07, 6.45) is 4.97. The quantitative estimate of drug-likeness (QED) is 0.213. The second-order valence-electron chi connectivity index (χ2n) is 15.6. The summed E-state index contributed by atoms with van der Waals surface area (Å²) in [5, 5.41) is 7.47. The van der Waals surface area contributed by atoms with E-state index in [9.17, 15) is 0 Å². The topological polar surface area (TPSA) is 22.1 Å². The molecule has 0 saturated heterocycles. The van der Waals surface area contributed by atoms with Crippen LogP contribution in [0.3, 0.4) is 0 Å². The number of ether oxygens (including phenoxy) is 1. The van der Waals surface area contributed by atoms with Crippen molar-refractivity contribution < 1.29 is 4.74 Å². The van der Waals surface area contributed by atoms with Gasteiger partial charge < -0.3 is 4.74 Å². The van der Waals surface area contributed by atoms with E-state index in [0.29, 0.717) is 0 Å². The Morgan fingerprint density at radius 1 is 0.650 bits per heavy atom.